The second-order valence-corrected chi connectivity index (χ2v) is 4.84. The minimum absolute atomic E-state index is 0.0346. The standard InChI is InChI=1S/C12H24O5/c1-7(2)9(14)4-5-10(15)12(17)6-11(16)8(3)13/h7-8,10-13,15-17H,4-6H2,1-3H3. The van der Waals surface area contributed by atoms with Gasteiger partial charge in [0, 0.05) is 18.8 Å². The lowest BCUT2D eigenvalue weighted by molar-refractivity contribution is -0.123. The van der Waals surface area contributed by atoms with Crippen LogP contribution in [0.2, 0.25) is 0 Å². The van der Waals surface area contributed by atoms with Gasteiger partial charge in [-0.15, -0.1) is 0 Å². The molecule has 0 aromatic heterocycles. The summed E-state index contributed by atoms with van der Waals surface area (Å²) in [6, 6.07) is 0. The zero-order chi connectivity index (χ0) is 13.6. The lowest BCUT2D eigenvalue weighted by Crippen LogP contribution is -2.34. The van der Waals surface area contributed by atoms with E-state index in [0.717, 1.165) is 0 Å². The molecule has 0 saturated carbocycles. The first-order chi connectivity index (χ1) is 7.75. The van der Waals surface area contributed by atoms with Crippen LogP contribution in [0, 0.1) is 5.92 Å². The first kappa shape index (κ1) is 16.5. The number of Topliss-reactive ketones (excluding diaryl/α,β-unsaturated/α-hetero) is 1. The van der Waals surface area contributed by atoms with Gasteiger partial charge in [-0.2, -0.15) is 0 Å². The lowest BCUT2D eigenvalue weighted by Gasteiger charge is -2.22. The number of carbonyl (C=O) groups is 1. The van der Waals surface area contributed by atoms with Crippen molar-refractivity contribution >= 4 is 5.78 Å². The summed E-state index contributed by atoms with van der Waals surface area (Å²) >= 11 is 0. The van der Waals surface area contributed by atoms with E-state index in [4.69, 9.17) is 5.11 Å². The molecule has 0 aromatic rings. The first-order valence-corrected chi connectivity index (χ1v) is 6.00. The highest BCUT2D eigenvalue weighted by atomic mass is 16.3. The molecule has 0 spiro atoms. The summed E-state index contributed by atoms with van der Waals surface area (Å²) < 4.78 is 0. The highest BCUT2D eigenvalue weighted by molar-refractivity contribution is 5.80. The summed E-state index contributed by atoms with van der Waals surface area (Å²) in [5, 5.41) is 37.5. The maximum absolute atomic E-state index is 11.3. The monoisotopic (exact) mass is 248 g/mol. The maximum atomic E-state index is 11.3. The fourth-order valence-electron chi connectivity index (χ4n) is 1.37. The van der Waals surface area contributed by atoms with Crippen molar-refractivity contribution in [3.05, 3.63) is 0 Å². The van der Waals surface area contributed by atoms with Gasteiger partial charge in [0.05, 0.1) is 24.4 Å². The van der Waals surface area contributed by atoms with Gasteiger partial charge in [0.15, 0.2) is 0 Å². The normalized spacial score (nSPS) is 18.8. The van der Waals surface area contributed by atoms with E-state index in [1.54, 1.807) is 13.8 Å². The molecule has 17 heavy (non-hydrogen) atoms. The van der Waals surface area contributed by atoms with Crippen molar-refractivity contribution in [3.8, 4) is 0 Å². The molecule has 5 nitrogen and oxygen atoms in total. The molecule has 0 aliphatic heterocycles. The van der Waals surface area contributed by atoms with E-state index in [1.165, 1.54) is 6.92 Å². The minimum atomic E-state index is -1.13. The van der Waals surface area contributed by atoms with Crippen molar-refractivity contribution in [2.24, 2.45) is 5.92 Å². The number of rotatable bonds is 8. The second kappa shape index (κ2) is 7.76. The Hall–Kier alpha value is -0.490. The molecule has 0 saturated heterocycles. The summed E-state index contributed by atoms with van der Waals surface area (Å²) in [5.74, 6) is -0.0466. The van der Waals surface area contributed by atoms with E-state index >= 15 is 0 Å². The van der Waals surface area contributed by atoms with E-state index in [2.05, 4.69) is 0 Å². The number of hydrogen-bond acceptors (Lipinski definition) is 5. The van der Waals surface area contributed by atoms with E-state index in [9.17, 15) is 20.1 Å². The molecule has 0 fully saturated rings. The number of ketones is 1. The van der Waals surface area contributed by atoms with Gasteiger partial charge < -0.3 is 20.4 Å². The maximum Gasteiger partial charge on any atom is 0.135 e. The largest absolute Gasteiger partial charge is 0.391 e. The van der Waals surface area contributed by atoms with Gasteiger partial charge in [-0.25, -0.2) is 0 Å². The highest BCUT2D eigenvalue weighted by Crippen LogP contribution is 2.12. The molecule has 0 aromatic carbocycles. The van der Waals surface area contributed by atoms with Crippen LogP contribution in [-0.4, -0.2) is 50.6 Å². The Kier molecular flexibility index (Phi) is 7.54. The lowest BCUT2D eigenvalue weighted by atomic mass is 9.97. The predicted octanol–water partition coefficient (Wildman–Crippen LogP) is -0.155. The Morgan fingerprint density at radius 1 is 0.941 bits per heavy atom. The Morgan fingerprint density at radius 3 is 1.88 bits per heavy atom. The van der Waals surface area contributed by atoms with Crippen LogP contribution in [0.3, 0.4) is 0 Å². The summed E-state index contributed by atoms with van der Waals surface area (Å²) in [6.07, 6.45) is -3.92. The number of carbonyl (C=O) groups excluding carboxylic acids is 1. The molecule has 5 heteroatoms. The molecule has 0 rings (SSSR count). The van der Waals surface area contributed by atoms with Crippen molar-refractivity contribution < 1.29 is 25.2 Å². The van der Waals surface area contributed by atoms with Gasteiger partial charge in [0.2, 0.25) is 0 Å². The fourth-order valence-corrected chi connectivity index (χ4v) is 1.37. The van der Waals surface area contributed by atoms with Crippen LogP contribution < -0.4 is 0 Å². The molecule has 0 amide bonds. The van der Waals surface area contributed by atoms with Crippen molar-refractivity contribution in [2.75, 3.05) is 0 Å². The average Bonchev–Trinajstić information content (AvgIpc) is 2.24. The van der Waals surface area contributed by atoms with E-state index in [1.807, 2.05) is 0 Å². The molecule has 4 unspecified atom stereocenters. The predicted molar refractivity (Wildman–Crippen MR) is 63.4 cm³/mol. The van der Waals surface area contributed by atoms with Crippen LogP contribution in [0.4, 0.5) is 0 Å². The highest BCUT2D eigenvalue weighted by Gasteiger charge is 2.23. The molecule has 0 aliphatic rings. The van der Waals surface area contributed by atoms with Gasteiger partial charge in [-0.3, -0.25) is 4.79 Å². The molecule has 0 bridgehead atoms. The minimum Gasteiger partial charge on any atom is -0.391 e. The third-order valence-corrected chi connectivity index (χ3v) is 2.81. The Balaban J connectivity index is 3.97. The van der Waals surface area contributed by atoms with E-state index < -0.39 is 24.4 Å². The number of hydrogen-bond donors (Lipinski definition) is 4. The first-order valence-electron chi connectivity index (χ1n) is 6.00. The van der Waals surface area contributed by atoms with Gasteiger partial charge in [-0.1, -0.05) is 13.8 Å². The summed E-state index contributed by atoms with van der Waals surface area (Å²) in [6.45, 7) is 4.97. The molecule has 102 valence electrons. The van der Waals surface area contributed by atoms with Crippen LogP contribution in [-0.2, 0) is 4.79 Å². The fraction of sp³-hybridized carbons (Fsp3) is 0.917. The van der Waals surface area contributed by atoms with Gasteiger partial charge >= 0.3 is 0 Å². The summed E-state index contributed by atoms with van der Waals surface area (Å²) in [7, 11) is 0. The third kappa shape index (κ3) is 6.73. The molecule has 0 radical (unpaired) electrons. The van der Waals surface area contributed by atoms with Crippen LogP contribution >= 0.6 is 0 Å². The van der Waals surface area contributed by atoms with Crippen LogP contribution in [0.5, 0.6) is 0 Å². The van der Waals surface area contributed by atoms with Crippen molar-refractivity contribution in [3.63, 3.8) is 0 Å². The van der Waals surface area contributed by atoms with Crippen LogP contribution in [0.25, 0.3) is 0 Å². The molecule has 4 atom stereocenters. The summed E-state index contributed by atoms with van der Waals surface area (Å²) in [5.41, 5.74) is 0. The molecular formula is C12H24O5. The van der Waals surface area contributed by atoms with E-state index in [0.29, 0.717) is 0 Å². The zero-order valence-electron chi connectivity index (χ0n) is 10.7. The summed E-state index contributed by atoms with van der Waals surface area (Å²) in [4.78, 5) is 11.3. The number of aliphatic hydroxyl groups excluding tert-OH is 4. The van der Waals surface area contributed by atoms with Crippen molar-refractivity contribution in [1.29, 1.82) is 0 Å². The molecule has 4 N–H and O–H groups in total. The Morgan fingerprint density at radius 2 is 1.47 bits per heavy atom. The van der Waals surface area contributed by atoms with Gasteiger partial charge in [0.1, 0.15) is 5.78 Å². The molecule has 0 aliphatic carbocycles. The van der Waals surface area contributed by atoms with Gasteiger partial charge in [0.25, 0.3) is 0 Å². The molecular weight excluding hydrogens is 224 g/mol. The third-order valence-electron chi connectivity index (χ3n) is 2.81. The smallest absolute Gasteiger partial charge is 0.135 e. The van der Waals surface area contributed by atoms with Crippen molar-refractivity contribution in [1.82, 2.24) is 0 Å². The number of aliphatic hydroxyl groups is 4. The van der Waals surface area contributed by atoms with Crippen molar-refractivity contribution in [2.45, 2.75) is 64.4 Å². The molecule has 0 heterocycles. The SMILES string of the molecule is CC(C)C(=O)CCC(O)C(O)CC(O)C(C)O. The average molecular weight is 248 g/mol. The topological polar surface area (TPSA) is 98.0 Å². The second-order valence-electron chi connectivity index (χ2n) is 4.84. The van der Waals surface area contributed by atoms with Crippen LogP contribution in [0.1, 0.15) is 40.0 Å². The van der Waals surface area contributed by atoms with E-state index in [-0.39, 0.29) is 31.0 Å². The Bertz CT molecular complexity index is 227. The zero-order valence-corrected chi connectivity index (χ0v) is 10.7. The van der Waals surface area contributed by atoms with Crippen LogP contribution in [0.15, 0.2) is 0 Å². The van der Waals surface area contributed by atoms with Gasteiger partial charge in [-0.05, 0) is 13.3 Å². The quantitative estimate of drug-likeness (QED) is 0.479. The Labute approximate surface area is 102 Å².